The second-order valence-electron chi connectivity index (χ2n) is 7.86. The van der Waals surface area contributed by atoms with Crippen LogP contribution in [0.2, 0.25) is 0 Å². The van der Waals surface area contributed by atoms with Crippen LogP contribution in [0, 0.1) is 10.1 Å². The molecule has 0 aromatic rings. The fourth-order valence-corrected chi connectivity index (χ4v) is 1.84. The monoisotopic (exact) mass is 388 g/mol. The van der Waals surface area contributed by atoms with E-state index in [1.54, 1.807) is 41.5 Å². The van der Waals surface area contributed by atoms with Gasteiger partial charge in [0.05, 0.1) is 4.92 Å². The molecule has 0 spiro atoms. The smallest absolute Gasteiger partial charge is 0.420 e. The summed E-state index contributed by atoms with van der Waals surface area (Å²) in [5, 5.41) is 20.1. The number of carbonyl (C=O) groups is 3. The number of carbonyl (C=O) groups excluding carboxylic acids is 2. The largest absolute Gasteiger partial charge is 0.480 e. The SMILES string of the molecule is C/C(=C/CC[C@@H](C(=O)O)N(C(=O)OC(C)(C)C)C(=O)OC(C)(C)C)[N+](=O)[O-]. The van der Waals surface area contributed by atoms with E-state index in [2.05, 4.69) is 0 Å². The summed E-state index contributed by atoms with van der Waals surface area (Å²) in [6.45, 7) is 10.7. The van der Waals surface area contributed by atoms with Gasteiger partial charge in [-0.3, -0.25) is 10.1 Å². The lowest BCUT2D eigenvalue weighted by molar-refractivity contribution is -0.424. The van der Waals surface area contributed by atoms with E-state index in [9.17, 15) is 29.6 Å². The number of hydrogen-bond acceptors (Lipinski definition) is 7. The Bertz CT molecular complexity index is 585. The van der Waals surface area contributed by atoms with Crippen molar-refractivity contribution in [2.45, 2.75) is 78.6 Å². The Morgan fingerprint density at radius 3 is 1.78 bits per heavy atom. The Hall–Kier alpha value is -2.65. The van der Waals surface area contributed by atoms with E-state index in [0.29, 0.717) is 4.90 Å². The maximum Gasteiger partial charge on any atom is 0.420 e. The average Bonchev–Trinajstić information content (AvgIpc) is 2.41. The molecule has 0 bridgehead atoms. The summed E-state index contributed by atoms with van der Waals surface area (Å²) in [6.07, 6.45) is -1.39. The minimum absolute atomic E-state index is 0.0358. The summed E-state index contributed by atoms with van der Waals surface area (Å²) < 4.78 is 10.3. The summed E-state index contributed by atoms with van der Waals surface area (Å²) >= 11 is 0. The second kappa shape index (κ2) is 9.33. The number of nitrogens with zero attached hydrogens (tertiary/aromatic N) is 2. The van der Waals surface area contributed by atoms with Crippen LogP contribution in [0.1, 0.15) is 61.3 Å². The van der Waals surface area contributed by atoms with Crippen LogP contribution in [0.3, 0.4) is 0 Å². The highest BCUT2D eigenvalue weighted by Gasteiger charge is 2.40. The number of carboxylic acids is 1. The van der Waals surface area contributed by atoms with Crippen molar-refractivity contribution in [3.05, 3.63) is 21.9 Å². The van der Waals surface area contributed by atoms with Gasteiger partial charge in [0, 0.05) is 6.92 Å². The molecule has 0 saturated heterocycles. The number of imide groups is 1. The minimum atomic E-state index is -1.61. The molecule has 1 atom stereocenters. The molecule has 0 aliphatic carbocycles. The van der Waals surface area contributed by atoms with Gasteiger partial charge in [-0.2, -0.15) is 4.90 Å². The van der Waals surface area contributed by atoms with E-state index in [0.717, 1.165) is 0 Å². The summed E-state index contributed by atoms with van der Waals surface area (Å²) in [5.74, 6) is -1.46. The van der Waals surface area contributed by atoms with Crippen LogP contribution in [0.5, 0.6) is 0 Å². The van der Waals surface area contributed by atoms with E-state index in [1.165, 1.54) is 13.0 Å². The van der Waals surface area contributed by atoms with Crippen LogP contribution < -0.4 is 0 Å². The van der Waals surface area contributed by atoms with Gasteiger partial charge in [0.25, 0.3) is 0 Å². The number of rotatable bonds is 6. The van der Waals surface area contributed by atoms with Gasteiger partial charge in [0.1, 0.15) is 17.2 Å². The minimum Gasteiger partial charge on any atom is -0.480 e. The van der Waals surface area contributed by atoms with Crippen molar-refractivity contribution in [1.29, 1.82) is 0 Å². The van der Waals surface area contributed by atoms with Gasteiger partial charge in [-0.05, 0) is 60.5 Å². The molecule has 0 radical (unpaired) electrons. The van der Waals surface area contributed by atoms with Gasteiger partial charge in [-0.1, -0.05) is 0 Å². The lowest BCUT2D eigenvalue weighted by atomic mass is 10.1. The third-order valence-corrected chi connectivity index (χ3v) is 2.94. The Labute approximate surface area is 158 Å². The maximum atomic E-state index is 12.5. The number of ether oxygens (including phenoxy) is 2. The van der Waals surface area contributed by atoms with Crippen LogP contribution in [0.25, 0.3) is 0 Å². The number of carboxylic acid groups (broad SMARTS) is 1. The molecule has 2 amide bonds. The van der Waals surface area contributed by atoms with Crippen molar-refractivity contribution in [2.75, 3.05) is 0 Å². The summed E-state index contributed by atoms with van der Waals surface area (Å²) in [7, 11) is 0. The van der Waals surface area contributed by atoms with Gasteiger partial charge in [0.15, 0.2) is 0 Å². The average molecular weight is 388 g/mol. The molecule has 0 fully saturated rings. The first-order chi connectivity index (χ1) is 12.0. The highest BCUT2D eigenvalue weighted by Crippen LogP contribution is 2.19. The zero-order chi connectivity index (χ0) is 21.6. The normalized spacial score (nSPS) is 13.5. The molecule has 0 unspecified atom stereocenters. The molecule has 154 valence electrons. The highest BCUT2D eigenvalue weighted by atomic mass is 16.6. The number of allylic oxidation sites excluding steroid dienone is 2. The maximum absolute atomic E-state index is 12.5. The van der Waals surface area contributed by atoms with Crippen molar-refractivity contribution in [3.8, 4) is 0 Å². The summed E-state index contributed by atoms with van der Waals surface area (Å²) in [4.78, 5) is 47.0. The van der Waals surface area contributed by atoms with Crippen molar-refractivity contribution in [3.63, 3.8) is 0 Å². The Kier molecular flexibility index (Phi) is 8.42. The van der Waals surface area contributed by atoms with Gasteiger partial charge in [0.2, 0.25) is 5.70 Å². The first kappa shape index (κ1) is 24.4. The molecule has 0 aromatic heterocycles. The Balaban J connectivity index is 5.69. The fourth-order valence-electron chi connectivity index (χ4n) is 1.84. The van der Waals surface area contributed by atoms with E-state index in [1.807, 2.05) is 0 Å². The Morgan fingerprint density at radius 1 is 1.07 bits per heavy atom. The molecule has 0 aliphatic heterocycles. The number of nitro groups is 1. The zero-order valence-corrected chi connectivity index (χ0v) is 16.8. The lowest BCUT2D eigenvalue weighted by Crippen LogP contribution is -2.51. The van der Waals surface area contributed by atoms with Crippen LogP contribution >= 0.6 is 0 Å². The van der Waals surface area contributed by atoms with Gasteiger partial charge in [-0.25, -0.2) is 14.4 Å². The fraction of sp³-hybridized carbons (Fsp3) is 0.706. The molecule has 10 nitrogen and oxygen atoms in total. The van der Waals surface area contributed by atoms with Crippen molar-refractivity contribution in [2.24, 2.45) is 0 Å². The molecule has 0 aliphatic rings. The third kappa shape index (κ3) is 9.57. The molecule has 0 heterocycles. The highest BCUT2D eigenvalue weighted by molar-refractivity contribution is 5.93. The van der Waals surface area contributed by atoms with E-state index < -0.39 is 40.3 Å². The topological polar surface area (TPSA) is 136 Å². The van der Waals surface area contributed by atoms with Crippen LogP contribution in [-0.2, 0) is 14.3 Å². The molecule has 0 rings (SSSR count). The number of amides is 2. The predicted molar refractivity (Wildman–Crippen MR) is 95.7 cm³/mol. The summed E-state index contributed by atoms with van der Waals surface area (Å²) in [6, 6.07) is -1.61. The molecule has 10 heteroatoms. The lowest BCUT2D eigenvalue weighted by Gasteiger charge is -2.31. The van der Waals surface area contributed by atoms with Gasteiger partial charge >= 0.3 is 18.2 Å². The molecule has 1 N–H and O–H groups in total. The molecular formula is C17H28N2O8. The van der Waals surface area contributed by atoms with Crippen molar-refractivity contribution < 1.29 is 33.9 Å². The predicted octanol–water partition coefficient (Wildman–Crippen LogP) is 3.57. The van der Waals surface area contributed by atoms with E-state index in [4.69, 9.17) is 9.47 Å². The first-order valence-electron chi connectivity index (χ1n) is 8.34. The quantitative estimate of drug-likeness (QED) is 0.538. The molecule has 0 saturated carbocycles. The van der Waals surface area contributed by atoms with Crippen LogP contribution in [0.15, 0.2) is 11.8 Å². The first-order valence-corrected chi connectivity index (χ1v) is 8.34. The summed E-state index contributed by atoms with van der Waals surface area (Å²) in [5.41, 5.74) is -2.11. The molecular weight excluding hydrogens is 360 g/mol. The molecule has 27 heavy (non-hydrogen) atoms. The van der Waals surface area contributed by atoms with Gasteiger partial charge in [-0.15, -0.1) is 0 Å². The number of aliphatic carboxylic acids is 1. The van der Waals surface area contributed by atoms with Gasteiger partial charge < -0.3 is 14.6 Å². The van der Waals surface area contributed by atoms with E-state index >= 15 is 0 Å². The Morgan fingerprint density at radius 2 is 1.48 bits per heavy atom. The molecule has 0 aromatic carbocycles. The van der Waals surface area contributed by atoms with Crippen molar-refractivity contribution >= 4 is 18.2 Å². The van der Waals surface area contributed by atoms with Crippen LogP contribution in [0.4, 0.5) is 9.59 Å². The standard InChI is InChI=1S/C17H28N2O8/c1-11(19(24)25)9-8-10-12(13(20)21)18(14(22)26-16(2,3)4)15(23)27-17(5,6)7/h9,12H,8,10H2,1-7H3,(H,20,21)/b11-9-/t12-/m0/s1. The zero-order valence-electron chi connectivity index (χ0n) is 16.8. The third-order valence-electron chi connectivity index (χ3n) is 2.94. The van der Waals surface area contributed by atoms with Crippen LogP contribution in [-0.4, -0.2) is 50.3 Å². The second-order valence-corrected chi connectivity index (χ2v) is 7.86. The van der Waals surface area contributed by atoms with Crippen molar-refractivity contribution in [1.82, 2.24) is 4.90 Å². The number of hydrogen-bond donors (Lipinski definition) is 1. The van der Waals surface area contributed by atoms with E-state index in [-0.39, 0.29) is 18.5 Å².